The van der Waals surface area contributed by atoms with Gasteiger partial charge in [0.25, 0.3) is 0 Å². The fraction of sp³-hybridized carbons (Fsp3) is 0.364. The van der Waals surface area contributed by atoms with Crippen LogP contribution in [0.25, 0.3) is 0 Å². The molecule has 0 aliphatic rings. The van der Waals surface area contributed by atoms with E-state index in [1.807, 2.05) is 0 Å². The number of amides is 1. The first-order valence-corrected chi connectivity index (χ1v) is 5.84. The van der Waals surface area contributed by atoms with Gasteiger partial charge in [-0.1, -0.05) is 23.2 Å². The first-order chi connectivity index (χ1) is 8.54. The fourth-order valence-electron chi connectivity index (χ4n) is 1.14. The third-order valence-electron chi connectivity index (χ3n) is 1.97. The van der Waals surface area contributed by atoms with Gasteiger partial charge >= 0.3 is 0 Å². The Balaban J connectivity index is 2.49. The fourth-order valence-corrected chi connectivity index (χ4v) is 1.63. The van der Waals surface area contributed by atoms with Gasteiger partial charge in [0.2, 0.25) is 5.91 Å². The highest BCUT2D eigenvalue weighted by atomic mass is 35.5. The van der Waals surface area contributed by atoms with Gasteiger partial charge in [0.15, 0.2) is 5.75 Å². The van der Waals surface area contributed by atoms with E-state index in [2.05, 4.69) is 5.32 Å². The average molecular weight is 294 g/mol. The Hall–Kier alpha value is -1.01. The largest absolute Gasteiger partial charge is 0.505 e. The molecule has 0 aliphatic heterocycles. The predicted molar refractivity (Wildman–Crippen MR) is 69.5 cm³/mol. The number of carbonyl (C=O) groups excluding carboxylic acids is 1. The summed E-state index contributed by atoms with van der Waals surface area (Å²) < 4.78 is 9.81. The van der Waals surface area contributed by atoms with Gasteiger partial charge < -0.3 is 19.9 Å². The molecule has 0 unspecified atom stereocenters. The van der Waals surface area contributed by atoms with Crippen molar-refractivity contribution >= 4 is 34.8 Å². The van der Waals surface area contributed by atoms with Gasteiger partial charge in [-0.05, 0) is 12.1 Å². The van der Waals surface area contributed by atoms with Gasteiger partial charge in [-0.2, -0.15) is 0 Å². The third-order valence-corrected chi connectivity index (χ3v) is 2.54. The molecule has 0 atom stereocenters. The number of aromatic hydroxyl groups is 1. The lowest BCUT2D eigenvalue weighted by Crippen LogP contribution is -2.19. The van der Waals surface area contributed by atoms with Crippen LogP contribution in [-0.2, 0) is 14.3 Å². The van der Waals surface area contributed by atoms with Crippen LogP contribution >= 0.6 is 23.2 Å². The van der Waals surface area contributed by atoms with Crippen LogP contribution < -0.4 is 5.32 Å². The highest BCUT2D eigenvalue weighted by Crippen LogP contribution is 2.34. The highest BCUT2D eigenvalue weighted by molar-refractivity contribution is 6.37. The molecule has 0 aliphatic carbocycles. The van der Waals surface area contributed by atoms with E-state index >= 15 is 0 Å². The number of hydrogen-bond acceptors (Lipinski definition) is 4. The zero-order chi connectivity index (χ0) is 13.5. The van der Waals surface area contributed by atoms with Crippen molar-refractivity contribution in [3.05, 3.63) is 22.2 Å². The van der Waals surface area contributed by atoms with Crippen molar-refractivity contribution in [3.63, 3.8) is 0 Å². The maximum absolute atomic E-state index is 11.5. The molecule has 1 aromatic rings. The topological polar surface area (TPSA) is 67.8 Å². The van der Waals surface area contributed by atoms with E-state index in [0.29, 0.717) is 18.9 Å². The summed E-state index contributed by atoms with van der Waals surface area (Å²) in [5, 5.41) is 12.0. The summed E-state index contributed by atoms with van der Waals surface area (Å²) in [7, 11) is 1.55. The van der Waals surface area contributed by atoms with E-state index < -0.39 is 0 Å². The lowest BCUT2D eigenvalue weighted by atomic mass is 10.3. The molecule has 0 heterocycles. The van der Waals surface area contributed by atoms with Gasteiger partial charge in [-0.3, -0.25) is 4.79 Å². The minimum Gasteiger partial charge on any atom is -0.505 e. The molecule has 7 heteroatoms. The zero-order valence-corrected chi connectivity index (χ0v) is 11.2. The Morgan fingerprint density at radius 3 is 2.50 bits per heavy atom. The Morgan fingerprint density at radius 2 is 1.94 bits per heavy atom. The van der Waals surface area contributed by atoms with Crippen molar-refractivity contribution < 1.29 is 19.4 Å². The van der Waals surface area contributed by atoms with Gasteiger partial charge in [0, 0.05) is 12.8 Å². The van der Waals surface area contributed by atoms with Gasteiger partial charge in [0.05, 0.1) is 23.3 Å². The predicted octanol–water partition coefficient (Wildman–Crippen LogP) is 2.30. The second-order valence-corrected chi connectivity index (χ2v) is 4.20. The number of methoxy groups -OCH3 is 1. The monoisotopic (exact) mass is 293 g/mol. The molecule has 18 heavy (non-hydrogen) atoms. The molecule has 5 nitrogen and oxygen atoms in total. The highest BCUT2D eigenvalue weighted by Gasteiger charge is 2.09. The van der Waals surface area contributed by atoms with Gasteiger partial charge in [-0.15, -0.1) is 0 Å². The van der Waals surface area contributed by atoms with Crippen molar-refractivity contribution in [2.24, 2.45) is 0 Å². The minimum atomic E-state index is -0.344. The normalized spacial score (nSPS) is 10.4. The van der Waals surface area contributed by atoms with E-state index in [-0.39, 0.29) is 28.3 Å². The van der Waals surface area contributed by atoms with Crippen LogP contribution in [0.4, 0.5) is 5.69 Å². The smallest absolute Gasteiger partial charge is 0.250 e. The van der Waals surface area contributed by atoms with Crippen LogP contribution in [0.1, 0.15) is 0 Å². The minimum absolute atomic E-state index is 0.0677. The third kappa shape index (κ3) is 4.70. The maximum Gasteiger partial charge on any atom is 0.250 e. The number of nitrogens with one attached hydrogen (secondary N) is 1. The maximum atomic E-state index is 11.5. The van der Waals surface area contributed by atoms with Crippen molar-refractivity contribution in [2.45, 2.75) is 0 Å². The molecule has 100 valence electrons. The van der Waals surface area contributed by atoms with Crippen LogP contribution in [0.5, 0.6) is 5.75 Å². The van der Waals surface area contributed by atoms with Crippen molar-refractivity contribution in [1.82, 2.24) is 0 Å². The Bertz CT molecular complexity index is 402. The molecule has 0 saturated carbocycles. The Kier molecular flexibility index (Phi) is 6.21. The molecule has 0 radical (unpaired) electrons. The molecule has 0 spiro atoms. The molecule has 1 amide bonds. The Labute approximate surface area is 115 Å². The first-order valence-electron chi connectivity index (χ1n) is 5.09. The summed E-state index contributed by atoms with van der Waals surface area (Å²) in [5.41, 5.74) is 0.392. The second kappa shape index (κ2) is 7.43. The number of anilines is 1. The van der Waals surface area contributed by atoms with Crippen molar-refractivity contribution in [2.75, 3.05) is 32.2 Å². The first kappa shape index (κ1) is 15.0. The molecule has 1 aromatic carbocycles. The van der Waals surface area contributed by atoms with Gasteiger partial charge in [0.1, 0.15) is 6.61 Å². The van der Waals surface area contributed by atoms with E-state index in [9.17, 15) is 9.90 Å². The summed E-state index contributed by atoms with van der Waals surface area (Å²) in [6.45, 7) is 0.657. The number of halogens is 2. The van der Waals surface area contributed by atoms with Crippen LogP contribution in [0.3, 0.4) is 0 Å². The molecule has 0 bridgehead atoms. The molecule has 2 N–H and O–H groups in total. The van der Waals surface area contributed by atoms with E-state index in [4.69, 9.17) is 32.7 Å². The number of phenols is 1. The number of hydrogen-bond donors (Lipinski definition) is 2. The average Bonchev–Trinajstić information content (AvgIpc) is 2.31. The summed E-state index contributed by atoms with van der Waals surface area (Å²) in [6, 6.07) is 2.80. The van der Waals surface area contributed by atoms with Crippen LogP contribution in [-0.4, -0.2) is 37.9 Å². The van der Waals surface area contributed by atoms with Crippen LogP contribution in [0.15, 0.2) is 12.1 Å². The molecule has 0 aromatic heterocycles. The second-order valence-electron chi connectivity index (χ2n) is 3.38. The van der Waals surface area contributed by atoms with Crippen molar-refractivity contribution in [3.8, 4) is 5.75 Å². The lowest BCUT2D eigenvalue weighted by Gasteiger charge is -2.08. The lowest BCUT2D eigenvalue weighted by molar-refractivity contribution is -0.121. The summed E-state index contributed by atoms with van der Waals surface area (Å²) >= 11 is 11.4. The van der Waals surface area contributed by atoms with Gasteiger partial charge in [-0.25, -0.2) is 0 Å². The Morgan fingerprint density at radius 1 is 1.33 bits per heavy atom. The summed E-state index contributed by atoms with van der Waals surface area (Å²) in [6.07, 6.45) is 0. The number of rotatable bonds is 6. The number of ether oxygens (including phenoxy) is 2. The van der Waals surface area contributed by atoms with E-state index in [1.54, 1.807) is 7.11 Å². The van der Waals surface area contributed by atoms with E-state index in [0.717, 1.165) is 0 Å². The summed E-state index contributed by atoms with van der Waals surface area (Å²) in [4.78, 5) is 11.5. The standard InChI is InChI=1S/C11H13Cl2NO4/c1-17-2-3-18-6-10(15)14-7-4-8(12)11(16)9(13)5-7/h4-5,16H,2-3,6H2,1H3,(H,14,15). The molecule has 0 saturated heterocycles. The van der Waals surface area contributed by atoms with Crippen LogP contribution in [0.2, 0.25) is 10.0 Å². The summed E-state index contributed by atoms with van der Waals surface area (Å²) in [5.74, 6) is -0.559. The zero-order valence-electron chi connectivity index (χ0n) is 9.70. The molecule has 0 fully saturated rings. The molecular formula is C11H13Cl2NO4. The molecular weight excluding hydrogens is 281 g/mol. The number of phenolic OH excluding ortho intramolecular Hbond substituents is 1. The number of carbonyl (C=O) groups is 1. The van der Waals surface area contributed by atoms with E-state index in [1.165, 1.54) is 12.1 Å². The van der Waals surface area contributed by atoms with Crippen molar-refractivity contribution in [1.29, 1.82) is 0 Å². The number of benzene rings is 1. The van der Waals surface area contributed by atoms with Crippen LogP contribution in [0, 0.1) is 0 Å². The molecule has 1 rings (SSSR count). The SMILES string of the molecule is COCCOCC(=O)Nc1cc(Cl)c(O)c(Cl)c1. The quantitative estimate of drug-likeness (QED) is 0.624.